The fourth-order valence-corrected chi connectivity index (χ4v) is 0.748. The number of ether oxygens (including phenoxy) is 1. The van der Waals surface area contributed by atoms with Crippen molar-refractivity contribution in [3.8, 4) is 0 Å². The molecule has 2 unspecified atom stereocenters. The number of hydrogen-bond acceptors (Lipinski definition) is 2. The second-order valence-electron chi connectivity index (χ2n) is 3.23. The number of alkyl halides is 3. The lowest BCUT2D eigenvalue weighted by molar-refractivity contribution is -0.177. The highest BCUT2D eigenvalue weighted by Crippen LogP contribution is 2.17. The lowest BCUT2D eigenvalue weighted by Gasteiger charge is -2.16. The average molecular weight is 214 g/mol. The number of aliphatic carboxylic acids is 1. The molecule has 0 aromatic heterocycles. The van der Waals surface area contributed by atoms with Crippen molar-refractivity contribution in [2.75, 3.05) is 13.2 Å². The molecule has 0 aliphatic carbocycles. The van der Waals surface area contributed by atoms with Gasteiger partial charge in [0.25, 0.3) is 0 Å². The molecule has 2 atom stereocenters. The maximum atomic E-state index is 11.6. The van der Waals surface area contributed by atoms with Crippen LogP contribution in [-0.2, 0) is 9.53 Å². The zero-order valence-electron chi connectivity index (χ0n) is 7.97. The summed E-state index contributed by atoms with van der Waals surface area (Å²) in [5.74, 6) is -2.17. The zero-order valence-corrected chi connectivity index (χ0v) is 7.97. The van der Waals surface area contributed by atoms with Crippen LogP contribution >= 0.6 is 0 Å². The predicted molar refractivity (Wildman–Crippen MR) is 42.8 cm³/mol. The molecule has 14 heavy (non-hydrogen) atoms. The number of halogens is 3. The van der Waals surface area contributed by atoms with E-state index in [1.165, 1.54) is 13.8 Å². The van der Waals surface area contributed by atoms with Crippen molar-refractivity contribution in [1.82, 2.24) is 0 Å². The minimum absolute atomic E-state index is 0.201. The van der Waals surface area contributed by atoms with E-state index in [1.54, 1.807) is 0 Å². The Morgan fingerprint density at radius 3 is 2.29 bits per heavy atom. The predicted octanol–water partition coefficient (Wildman–Crippen LogP) is 1.92. The molecule has 84 valence electrons. The first-order chi connectivity index (χ1) is 6.24. The molecule has 1 N–H and O–H groups in total. The second-order valence-corrected chi connectivity index (χ2v) is 3.23. The van der Waals surface area contributed by atoms with Crippen LogP contribution in [0.2, 0.25) is 0 Å². The lowest BCUT2D eigenvalue weighted by atomic mass is 9.97. The van der Waals surface area contributed by atoms with Crippen LogP contribution in [-0.4, -0.2) is 30.5 Å². The molecule has 3 nitrogen and oxygen atoms in total. The highest BCUT2D eigenvalue weighted by atomic mass is 19.4. The summed E-state index contributed by atoms with van der Waals surface area (Å²) in [6, 6.07) is 0. The number of carboxylic acids is 1. The molecule has 0 saturated heterocycles. The molecule has 0 aromatic carbocycles. The first-order valence-corrected chi connectivity index (χ1v) is 4.11. The molecule has 0 bridgehead atoms. The molecule has 0 rings (SSSR count). The lowest BCUT2D eigenvalue weighted by Crippen LogP contribution is -2.25. The van der Waals surface area contributed by atoms with Gasteiger partial charge >= 0.3 is 12.1 Å². The van der Waals surface area contributed by atoms with E-state index < -0.39 is 30.6 Å². The Balaban J connectivity index is 3.75. The monoisotopic (exact) mass is 214 g/mol. The normalized spacial score (nSPS) is 16.4. The highest BCUT2D eigenvalue weighted by Gasteiger charge is 2.28. The maximum absolute atomic E-state index is 11.6. The number of rotatable bonds is 5. The molecule has 0 fully saturated rings. The van der Waals surface area contributed by atoms with Gasteiger partial charge in [0, 0.05) is 0 Å². The standard InChI is InChI=1S/C8H13F3O3/c1-5(6(2)7(12)13)3-14-4-8(9,10)11/h5-6H,3-4H2,1-2H3,(H,12,13). The summed E-state index contributed by atoms with van der Waals surface area (Å²) >= 11 is 0. The van der Waals surface area contributed by atoms with E-state index in [0.717, 1.165) is 0 Å². The van der Waals surface area contributed by atoms with E-state index in [2.05, 4.69) is 4.74 Å². The van der Waals surface area contributed by atoms with Gasteiger partial charge in [0.1, 0.15) is 6.61 Å². The van der Waals surface area contributed by atoms with Crippen LogP contribution < -0.4 is 0 Å². The van der Waals surface area contributed by atoms with Gasteiger partial charge < -0.3 is 9.84 Å². The molecule has 0 heterocycles. The molecule has 6 heteroatoms. The fraction of sp³-hybridized carbons (Fsp3) is 0.875. The van der Waals surface area contributed by atoms with Gasteiger partial charge in [-0.25, -0.2) is 0 Å². The van der Waals surface area contributed by atoms with Gasteiger partial charge in [-0.15, -0.1) is 0 Å². The molecule has 0 aromatic rings. The minimum atomic E-state index is -4.35. The topological polar surface area (TPSA) is 46.5 Å². The second kappa shape index (κ2) is 5.19. The van der Waals surface area contributed by atoms with Crippen LogP contribution in [0, 0.1) is 11.8 Å². The van der Waals surface area contributed by atoms with Gasteiger partial charge in [-0.3, -0.25) is 4.79 Å². The average Bonchev–Trinajstić information content (AvgIpc) is 2.00. The van der Waals surface area contributed by atoms with Crippen LogP contribution in [0.4, 0.5) is 13.2 Å². The van der Waals surface area contributed by atoms with Crippen molar-refractivity contribution < 1.29 is 27.8 Å². The highest BCUT2D eigenvalue weighted by molar-refractivity contribution is 5.69. The molecule has 0 aliphatic rings. The van der Waals surface area contributed by atoms with Crippen molar-refractivity contribution in [3.63, 3.8) is 0 Å². The van der Waals surface area contributed by atoms with Gasteiger partial charge in [-0.1, -0.05) is 13.8 Å². The maximum Gasteiger partial charge on any atom is 0.411 e. The van der Waals surface area contributed by atoms with E-state index in [4.69, 9.17) is 5.11 Å². The van der Waals surface area contributed by atoms with Gasteiger partial charge in [-0.2, -0.15) is 13.2 Å². The van der Waals surface area contributed by atoms with Gasteiger partial charge in [-0.05, 0) is 5.92 Å². The number of carbonyl (C=O) groups is 1. The SMILES string of the molecule is CC(COCC(F)(F)F)C(C)C(=O)O. The third-order valence-corrected chi connectivity index (χ3v) is 1.89. The Bertz CT molecular complexity index is 191. The molecular formula is C8H13F3O3. The fourth-order valence-electron chi connectivity index (χ4n) is 0.748. The van der Waals surface area contributed by atoms with Crippen LogP contribution in [0.5, 0.6) is 0 Å². The summed E-state index contributed by atoms with van der Waals surface area (Å²) in [6.07, 6.45) is -4.35. The van der Waals surface area contributed by atoms with Gasteiger partial charge in [0.15, 0.2) is 0 Å². The first kappa shape index (κ1) is 13.2. The first-order valence-electron chi connectivity index (χ1n) is 4.11. The molecule has 0 aliphatic heterocycles. The molecular weight excluding hydrogens is 201 g/mol. The Kier molecular flexibility index (Phi) is 4.90. The Labute approximate surface area is 79.9 Å². The molecule has 0 amide bonds. The summed E-state index contributed by atoms with van der Waals surface area (Å²) in [5.41, 5.74) is 0. The third kappa shape index (κ3) is 5.80. The number of carboxylic acid groups (broad SMARTS) is 1. The van der Waals surface area contributed by atoms with Crippen molar-refractivity contribution in [1.29, 1.82) is 0 Å². The van der Waals surface area contributed by atoms with Crippen molar-refractivity contribution >= 4 is 5.97 Å². The molecule has 0 radical (unpaired) electrons. The van der Waals surface area contributed by atoms with Gasteiger partial charge in [0.05, 0.1) is 12.5 Å². The van der Waals surface area contributed by atoms with Crippen molar-refractivity contribution in [3.05, 3.63) is 0 Å². The van der Waals surface area contributed by atoms with E-state index in [1.807, 2.05) is 0 Å². The summed E-state index contributed by atoms with van der Waals surface area (Å²) in [4.78, 5) is 10.4. The van der Waals surface area contributed by atoms with Crippen LogP contribution in [0.3, 0.4) is 0 Å². The Morgan fingerprint density at radius 2 is 1.93 bits per heavy atom. The third-order valence-electron chi connectivity index (χ3n) is 1.89. The Hall–Kier alpha value is -0.780. The summed E-state index contributed by atoms with van der Waals surface area (Å²) in [5, 5.41) is 8.53. The smallest absolute Gasteiger partial charge is 0.411 e. The summed E-state index contributed by atoms with van der Waals surface area (Å²) in [7, 11) is 0. The van der Waals surface area contributed by atoms with Crippen LogP contribution in [0.15, 0.2) is 0 Å². The molecule has 0 spiro atoms. The van der Waals surface area contributed by atoms with Crippen molar-refractivity contribution in [2.45, 2.75) is 20.0 Å². The van der Waals surface area contributed by atoms with E-state index >= 15 is 0 Å². The van der Waals surface area contributed by atoms with Gasteiger partial charge in [0.2, 0.25) is 0 Å². The quantitative estimate of drug-likeness (QED) is 0.760. The summed E-state index contributed by atoms with van der Waals surface area (Å²) in [6.45, 7) is 1.44. The van der Waals surface area contributed by atoms with Crippen LogP contribution in [0.1, 0.15) is 13.8 Å². The largest absolute Gasteiger partial charge is 0.481 e. The van der Waals surface area contributed by atoms with Crippen molar-refractivity contribution in [2.24, 2.45) is 11.8 Å². The van der Waals surface area contributed by atoms with E-state index in [0.29, 0.717) is 0 Å². The van der Waals surface area contributed by atoms with Crippen LogP contribution in [0.25, 0.3) is 0 Å². The zero-order chi connectivity index (χ0) is 11.4. The number of hydrogen-bond donors (Lipinski definition) is 1. The Morgan fingerprint density at radius 1 is 1.43 bits per heavy atom. The minimum Gasteiger partial charge on any atom is -0.481 e. The van der Waals surface area contributed by atoms with E-state index in [9.17, 15) is 18.0 Å². The summed E-state index contributed by atoms with van der Waals surface area (Å²) < 4.78 is 39.2. The molecule has 0 saturated carbocycles. The van der Waals surface area contributed by atoms with E-state index in [-0.39, 0.29) is 6.61 Å².